The summed E-state index contributed by atoms with van der Waals surface area (Å²) in [5.74, 6) is 0.526. The van der Waals surface area contributed by atoms with Gasteiger partial charge < -0.3 is 24.2 Å². The Kier molecular flexibility index (Phi) is 6.75. The lowest BCUT2D eigenvalue weighted by molar-refractivity contribution is -0.892. The summed E-state index contributed by atoms with van der Waals surface area (Å²) in [7, 11) is 1.72. The molecule has 0 amide bonds. The maximum atomic E-state index is 12.9. The van der Waals surface area contributed by atoms with E-state index in [0.717, 1.165) is 68.4 Å². The van der Waals surface area contributed by atoms with Crippen LogP contribution in [0.5, 0.6) is 5.75 Å². The number of methoxy groups -OCH3 is 1. The lowest BCUT2D eigenvalue weighted by Crippen LogP contribution is -3.15. The van der Waals surface area contributed by atoms with E-state index in [9.17, 15) is 9.90 Å². The smallest absolute Gasteiger partial charge is 0.218 e. The quantitative estimate of drug-likeness (QED) is 0.532. The Morgan fingerprint density at radius 3 is 2.50 bits per heavy atom. The van der Waals surface area contributed by atoms with E-state index in [1.165, 1.54) is 4.90 Å². The molecule has 1 aromatic carbocycles. The van der Waals surface area contributed by atoms with E-state index < -0.39 is 0 Å². The molecule has 1 fully saturated rings. The number of benzene rings is 1. The molecule has 0 saturated carbocycles. The van der Waals surface area contributed by atoms with Gasteiger partial charge in [0.25, 0.3) is 0 Å². The topological polar surface area (TPSA) is 59.1 Å². The van der Waals surface area contributed by atoms with Gasteiger partial charge in [-0.3, -0.25) is 4.79 Å². The standard InChI is InChI=1S/C22H31N3O3/c1-17-15-21(18(2)25(17)9-4-14-28-3)22(27)16-23-10-12-24(13-11-23)19-5-7-20(26)8-6-19/h5-8,15,26H,4,9-14,16H2,1-3H3/p+1. The van der Waals surface area contributed by atoms with E-state index in [1.54, 1.807) is 19.2 Å². The third kappa shape index (κ3) is 4.75. The van der Waals surface area contributed by atoms with Crippen LogP contribution in [0.25, 0.3) is 0 Å². The van der Waals surface area contributed by atoms with Gasteiger partial charge in [0, 0.05) is 42.9 Å². The third-order valence-corrected chi connectivity index (χ3v) is 5.70. The van der Waals surface area contributed by atoms with Crippen LogP contribution in [0.4, 0.5) is 5.69 Å². The van der Waals surface area contributed by atoms with E-state index >= 15 is 0 Å². The molecule has 1 aromatic heterocycles. The number of Topliss-reactive ketones (excluding diaryl/α,β-unsaturated/α-hetero) is 1. The van der Waals surface area contributed by atoms with Crippen molar-refractivity contribution in [3.8, 4) is 5.75 Å². The average molecular weight is 387 g/mol. The fraction of sp³-hybridized carbons (Fsp3) is 0.500. The minimum Gasteiger partial charge on any atom is -0.508 e. The number of aromatic hydroxyl groups is 1. The molecule has 2 heterocycles. The van der Waals surface area contributed by atoms with Crippen molar-refractivity contribution in [2.24, 2.45) is 0 Å². The molecule has 1 saturated heterocycles. The summed E-state index contributed by atoms with van der Waals surface area (Å²) in [5.41, 5.74) is 4.20. The number of ketones is 1. The van der Waals surface area contributed by atoms with Crippen LogP contribution < -0.4 is 9.80 Å². The van der Waals surface area contributed by atoms with Crippen LogP contribution in [0.3, 0.4) is 0 Å². The van der Waals surface area contributed by atoms with Gasteiger partial charge in [0.05, 0.1) is 26.2 Å². The molecule has 28 heavy (non-hydrogen) atoms. The van der Waals surface area contributed by atoms with Crippen molar-refractivity contribution in [2.75, 3.05) is 51.3 Å². The van der Waals surface area contributed by atoms with Crippen LogP contribution in [-0.2, 0) is 11.3 Å². The average Bonchev–Trinajstić information content (AvgIpc) is 2.98. The van der Waals surface area contributed by atoms with E-state index in [-0.39, 0.29) is 5.78 Å². The number of nitrogens with zero attached hydrogens (tertiary/aromatic N) is 2. The molecule has 1 aliphatic rings. The van der Waals surface area contributed by atoms with Crippen molar-refractivity contribution in [3.63, 3.8) is 0 Å². The van der Waals surface area contributed by atoms with Crippen LogP contribution >= 0.6 is 0 Å². The Hall–Kier alpha value is -2.31. The number of nitrogens with one attached hydrogen (secondary N) is 1. The minimum atomic E-state index is 0.235. The first-order chi connectivity index (χ1) is 13.5. The number of aromatic nitrogens is 1. The molecule has 6 nitrogen and oxygen atoms in total. The highest BCUT2D eigenvalue weighted by Crippen LogP contribution is 2.18. The van der Waals surface area contributed by atoms with Crippen molar-refractivity contribution in [3.05, 3.63) is 47.3 Å². The number of phenolic OH excluding ortho intramolecular Hbond substituents is 1. The fourth-order valence-electron chi connectivity index (χ4n) is 4.04. The number of hydrogen-bond donors (Lipinski definition) is 2. The number of carbonyl (C=O) groups is 1. The fourth-order valence-corrected chi connectivity index (χ4v) is 4.04. The normalized spacial score (nSPS) is 15.2. The number of quaternary nitrogens is 1. The molecule has 0 radical (unpaired) electrons. The number of aryl methyl sites for hydroxylation is 1. The predicted molar refractivity (Wildman–Crippen MR) is 111 cm³/mol. The Labute approximate surface area is 167 Å². The number of phenols is 1. The summed E-state index contributed by atoms with van der Waals surface area (Å²) in [6.45, 7) is 10.0. The zero-order valence-electron chi connectivity index (χ0n) is 17.2. The summed E-state index contributed by atoms with van der Waals surface area (Å²) < 4.78 is 7.37. The van der Waals surface area contributed by atoms with Crippen molar-refractivity contribution in [1.29, 1.82) is 0 Å². The number of carbonyl (C=O) groups excluding carboxylic acids is 1. The zero-order chi connectivity index (χ0) is 20.1. The van der Waals surface area contributed by atoms with Gasteiger partial charge in [-0.15, -0.1) is 0 Å². The Morgan fingerprint density at radius 2 is 1.86 bits per heavy atom. The van der Waals surface area contributed by atoms with Gasteiger partial charge in [0.1, 0.15) is 12.3 Å². The lowest BCUT2D eigenvalue weighted by atomic mass is 10.1. The second-order valence-electron chi connectivity index (χ2n) is 7.64. The molecule has 6 heteroatoms. The molecule has 0 bridgehead atoms. The Morgan fingerprint density at radius 1 is 1.18 bits per heavy atom. The predicted octanol–water partition coefficient (Wildman–Crippen LogP) is 1.43. The van der Waals surface area contributed by atoms with Gasteiger partial charge in [0.15, 0.2) is 0 Å². The number of ether oxygens (including phenoxy) is 1. The van der Waals surface area contributed by atoms with Gasteiger partial charge in [-0.2, -0.15) is 0 Å². The maximum Gasteiger partial charge on any atom is 0.218 e. The van der Waals surface area contributed by atoms with Crippen molar-refractivity contribution in [1.82, 2.24) is 4.57 Å². The second kappa shape index (κ2) is 9.26. The molecule has 0 unspecified atom stereocenters. The van der Waals surface area contributed by atoms with Gasteiger partial charge in [0.2, 0.25) is 5.78 Å². The summed E-state index contributed by atoms with van der Waals surface area (Å²) in [5, 5.41) is 9.44. The minimum absolute atomic E-state index is 0.235. The van der Waals surface area contributed by atoms with Crippen molar-refractivity contribution >= 4 is 11.5 Å². The van der Waals surface area contributed by atoms with Crippen LogP contribution in [0.1, 0.15) is 28.2 Å². The molecular weight excluding hydrogens is 354 g/mol. The van der Waals surface area contributed by atoms with Crippen LogP contribution in [0.15, 0.2) is 30.3 Å². The van der Waals surface area contributed by atoms with Crippen LogP contribution in [0.2, 0.25) is 0 Å². The van der Waals surface area contributed by atoms with Gasteiger partial charge in [-0.05, 0) is 50.6 Å². The van der Waals surface area contributed by atoms with Gasteiger partial charge >= 0.3 is 0 Å². The monoisotopic (exact) mass is 386 g/mol. The van der Waals surface area contributed by atoms with Gasteiger partial charge in [-0.1, -0.05) is 0 Å². The molecule has 0 atom stereocenters. The highest BCUT2D eigenvalue weighted by atomic mass is 16.5. The third-order valence-electron chi connectivity index (χ3n) is 5.70. The highest BCUT2D eigenvalue weighted by molar-refractivity contribution is 5.98. The summed E-state index contributed by atoms with van der Waals surface area (Å²) in [4.78, 5) is 16.6. The largest absolute Gasteiger partial charge is 0.508 e. The lowest BCUT2D eigenvalue weighted by Gasteiger charge is -2.33. The summed E-state index contributed by atoms with van der Waals surface area (Å²) in [6.07, 6.45) is 0.949. The first-order valence-corrected chi connectivity index (χ1v) is 10.1. The molecular formula is C22H32N3O3+. The second-order valence-corrected chi connectivity index (χ2v) is 7.64. The Bertz CT molecular complexity index is 790. The van der Waals surface area contributed by atoms with Crippen molar-refractivity contribution in [2.45, 2.75) is 26.8 Å². The maximum absolute atomic E-state index is 12.9. The molecule has 2 N–H and O–H groups in total. The zero-order valence-corrected chi connectivity index (χ0v) is 17.2. The molecule has 2 aromatic rings. The highest BCUT2D eigenvalue weighted by Gasteiger charge is 2.25. The van der Waals surface area contributed by atoms with Crippen LogP contribution in [-0.4, -0.2) is 61.9 Å². The van der Waals surface area contributed by atoms with Gasteiger partial charge in [-0.25, -0.2) is 0 Å². The van der Waals surface area contributed by atoms with E-state index in [4.69, 9.17) is 4.74 Å². The number of anilines is 1. The number of hydrogen-bond acceptors (Lipinski definition) is 4. The molecule has 1 aliphatic heterocycles. The summed E-state index contributed by atoms with van der Waals surface area (Å²) >= 11 is 0. The molecule has 3 rings (SSSR count). The number of rotatable bonds is 8. The van der Waals surface area contributed by atoms with Crippen LogP contribution in [0, 0.1) is 13.8 Å². The molecule has 0 spiro atoms. The van der Waals surface area contributed by atoms with E-state index in [0.29, 0.717) is 12.3 Å². The first-order valence-electron chi connectivity index (χ1n) is 10.1. The van der Waals surface area contributed by atoms with Crippen molar-refractivity contribution < 1.29 is 19.5 Å². The molecule has 0 aliphatic carbocycles. The number of piperazine rings is 1. The molecule has 152 valence electrons. The Balaban J connectivity index is 1.56. The van der Waals surface area contributed by atoms with E-state index in [1.807, 2.05) is 25.1 Å². The first kappa shape index (κ1) is 20.4. The summed E-state index contributed by atoms with van der Waals surface area (Å²) in [6, 6.07) is 9.38. The van der Waals surface area contributed by atoms with E-state index in [2.05, 4.69) is 16.4 Å². The SMILES string of the molecule is COCCCn1c(C)cc(C(=O)C[NH+]2CCN(c3ccc(O)cc3)CC2)c1C.